The molecule has 4 rings (SSSR count). The van der Waals surface area contributed by atoms with Crippen LogP contribution in [0.3, 0.4) is 0 Å². The van der Waals surface area contributed by atoms with Crippen molar-refractivity contribution in [1.82, 2.24) is 9.88 Å². The summed E-state index contributed by atoms with van der Waals surface area (Å²) >= 11 is 0. The van der Waals surface area contributed by atoms with Gasteiger partial charge in [0.15, 0.2) is 0 Å². The molecule has 34 heavy (non-hydrogen) atoms. The van der Waals surface area contributed by atoms with Crippen molar-refractivity contribution in [2.45, 2.75) is 13.3 Å². The predicted octanol–water partition coefficient (Wildman–Crippen LogP) is 4.37. The Hall–Kier alpha value is -4.45. The minimum absolute atomic E-state index is 0.0762. The van der Waals surface area contributed by atoms with Crippen LogP contribution in [-0.4, -0.2) is 22.9 Å². The van der Waals surface area contributed by atoms with E-state index in [1.807, 2.05) is 49.4 Å². The molecule has 1 aromatic heterocycles. The Morgan fingerprint density at radius 3 is 2.21 bits per heavy atom. The monoisotopic (exact) mass is 451 g/mol. The van der Waals surface area contributed by atoms with Gasteiger partial charge in [0.05, 0.1) is 0 Å². The van der Waals surface area contributed by atoms with Gasteiger partial charge in [-0.15, -0.1) is 0 Å². The quantitative estimate of drug-likeness (QED) is 0.438. The maximum atomic E-state index is 13.0. The molecular weight excluding hydrogens is 426 g/mol. The first-order valence-electron chi connectivity index (χ1n) is 11.0. The number of anilines is 1. The number of nitrogens with one attached hydrogen (secondary N) is 2. The molecule has 0 saturated carbocycles. The fraction of sp³-hybridized carbons (Fsp3) is 0.107. The minimum Gasteiger partial charge on any atom is -0.352 e. The second-order valence-electron chi connectivity index (χ2n) is 7.96. The molecule has 0 atom stereocenters. The van der Waals surface area contributed by atoms with E-state index in [-0.39, 0.29) is 11.5 Å². The van der Waals surface area contributed by atoms with E-state index in [9.17, 15) is 14.4 Å². The molecule has 2 N–H and O–H groups in total. The fourth-order valence-electron chi connectivity index (χ4n) is 3.54. The fourth-order valence-corrected chi connectivity index (χ4v) is 3.54. The summed E-state index contributed by atoms with van der Waals surface area (Å²) in [6.07, 6.45) is 2.30. The lowest BCUT2D eigenvalue weighted by atomic mass is 10.1. The average molecular weight is 452 g/mol. The molecular formula is C28H25N3O3. The Morgan fingerprint density at radius 2 is 1.50 bits per heavy atom. The molecule has 0 aliphatic carbocycles. The van der Waals surface area contributed by atoms with Crippen molar-refractivity contribution >= 4 is 17.5 Å². The van der Waals surface area contributed by atoms with Crippen LogP contribution >= 0.6 is 0 Å². The third-order valence-corrected chi connectivity index (χ3v) is 5.45. The number of carbonyl (C=O) groups is 2. The van der Waals surface area contributed by atoms with Gasteiger partial charge in [-0.3, -0.25) is 19.0 Å². The maximum Gasteiger partial charge on any atom is 0.267 e. The van der Waals surface area contributed by atoms with Crippen LogP contribution < -0.4 is 16.2 Å². The molecule has 0 fully saturated rings. The minimum atomic E-state index is -0.406. The molecule has 6 heteroatoms. The van der Waals surface area contributed by atoms with Gasteiger partial charge in [0, 0.05) is 29.7 Å². The van der Waals surface area contributed by atoms with Gasteiger partial charge in [0.2, 0.25) is 0 Å². The number of carbonyl (C=O) groups excluding carboxylic acids is 2. The highest BCUT2D eigenvalue weighted by molar-refractivity contribution is 6.04. The van der Waals surface area contributed by atoms with Crippen LogP contribution in [0, 0.1) is 6.92 Å². The molecule has 2 amide bonds. The van der Waals surface area contributed by atoms with Gasteiger partial charge in [-0.05, 0) is 67.4 Å². The van der Waals surface area contributed by atoms with E-state index >= 15 is 0 Å². The topological polar surface area (TPSA) is 80.2 Å². The van der Waals surface area contributed by atoms with E-state index in [2.05, 4.69) is 10.6 Å². The predicted molar refractivity (Wildman–Crippen MR) is 134 cm³/mol. The van der Waals surface area contributed by atoms with Gasteiger partial charge in [-0.25, -0.2) is 0 Å². The third kappa shape index (κ3) is 5.48. The molecule has 0 aliphatic heterocycles. The normalized spacial score (nSPS) is 10.5. The zero-order chi connectivity index (χ0) is 23.9. The van der Waals surface area contributed by atoms with Gasteiger partial charge in [-0.1, -0.05) is 48.0 Å². The van der Waals surface area contributed by atoms with Crippen molar-refractivity contribution in [3.05, 3.63) is 130 Å². The number of pyridine rings is 1. The molecule has 1 heterocycles. The first-order chi connectivity index (χ1) is 16.5. The van der Waals surface area contributed by atoms with E-state index in [0.717, 1.165) is 11.1 Å². The first kappa shape index (κ1) is 22.7. The highest BCUT2D eigenvalue weighted by atomic mass is 16.2. The second kappa shape index (κ2) is 10.4. The van der Waals surface area contributed by atoms with E-state index in [0.29, 0.717) is 29.9 Å². The van der Waals surface area contributed by atoms with Gasteiger partial charge < -0.3 is 10.6 Å². The SMILES string of the molecule is Cc1ccc(C(=O)Nc2ccc(-n3cccc(C(=O)NCCc4ccccc4)c3=O)cc2)cc1. The van der Waals surface area contributed by atoms with E-state index in [1.165, 1.54) is 10.6 Å². The molecule has 170 valence electrons. The second-order valence-corrected chi connectivity index (χ2v) is 7.96. The average Bonchev–Trinajstić information content (AvgIpc) is 2.86. The summed E-state index contributed by atoms with van der Waals surface area (Å²) in [7, 11) is 0. The van der Waals surface area contributed by atoms with Crippen molar-refractivity contribution in [1.29, 1.82) is 0 Å². The molecule has 0 bridgehead atoms. The highest BCUT2D eigenvalue weighted by Gasteiger charge is 2.13. The lowest BCUT2D eigenvalue weighted by Gasteiger charge is -2.10. The standard InChI is InChI=1S/C28H25N3O3/c1-20-9-11-22(12-10-20)26(32)30-23-13-15-24(16-14-23)31-19-5-8-25(28(31)34)27(33)29-18-17-21-6-3-2-4-7-21/h2-16,19H,17-18H2,1H3,(H,29,33)(H,30,32). The van der Waals surface area contributed by atoms with Crippen LogP contribution in [0.4, 0.5) is 5.69 Å². The summed E-state index contributed by atoms with van der Waals surface area (Å²) in [5.41, 5.74) is 3.64. The summed E-state index contributed by atoms with van der Waals surface area (Å²) in [5, 5.41) is 5.66. The van der Waals surface area contributed by atoms with Crippen molar-refractivity contribution in [2.75, 3.05) is 11.9 Å². The van der Waals surface area contributed by atoms with E-state index < -0.39 is 11.5 Å². The molecule has 0 aliphatic rings. The molecule has 4 aromatic rings. The number of hydrogen-bond acceptors (Lipinski definition) is 3. The maximum absolute atomic E-state index is 13.0. The summed E-state index contributed by atoms with van der Waals surface area (Å²) in [6, 6.07) is 27.2. The van der Waals surface area contributed by atoms with E-state index in [1.54, 1.807) is 48.7 Å². The van der Waals surface area contributed by atoms with Crippen molar-refractivity contribution in [2.24, 2.45) is 0 Å². The number of aryl methyl sites for hydroxylation is 1. The van der Waals surface area contributed by atoms with Crippen molar-refractivity contribution in [3.63, 3.8) is 0 Å². The van der Waals surface area contributed by atoms with Crippen molar-refractivity contribution in [3.8, 4) is 5.69 Å². The van der Waals surface area contributed by atoms with E-state index in [4.69, 9.17) is 0 Å². The van der Waals surface area contributed by atoms with Gasteiger partial charge in [0.1, 0.15) is 5.56 Å². The molecule has 3 aromatic carbocycles. The number of hydrogen-bond donors (Lipinski definition) is 2. The number of nitrogens with zero attached hydrogens (tertiary/aromatic N) is 1. The lowest BCUT2D eigenvalue weighted by molar-refractivity contribution is 0.0951. The van der Waals surface area contributed by atoms with Crippen molar-refractivity contribution < 1.29 is 9.59 Å². The van der Waals surface area contributed by atoms with Crippen LogP contribution in [0.25, 0.3) is 5.69 Å². The molecule has 6 nitrogen and oxygen atoms in total. The van der Waals surface area contributed by atoms with Crippen LogP contribution in [0.15, 0.2) is 102 Å². The van der Waals surface area contributed by atoms with Crippen LogP contribution in [-0.2, 0) is 6.42 Å². The number of amides is 2. The zero-order valence-electron chi connectivity index (χ0n) is 18.8. The summed E-state index contributed by atoms with van der Waals surface area (Å²) < 4.78 is 1.41. The highest BCUT2D eigenvalue weighted by Crippen LogP contribution is 2.14. The third-order valence-electron chi connectivity index (χ3n) is 5.45. The van der Waals surface area contributed by atoms with Gasteiger partial charge in [-0.2, -0.15) is 0 Å². The summed E-state index contributed by atoms with van der Waals surface area (Å²) in [6.45, 7) is 2.40. The smallest absolute Gasteiger partial charge is 0.267 e. The Bertz CT molecular complexity index is 1340. The molecule has 0 unspecified atom stereocenters. The molecule has 0 saturated heterocycles. The van der Waals surface area contributed by atoms with Crippen LogP contribution in [0.2, 0.25) is 0 Å². The van der Waals surface area contributed by atoms with Crippen LogP contribution in [0.5, 0.6) is 0 Å². The Morgan fingerprint density at radius 1 is 0.794 bits per heavy atom. The lowest BCUT2D eigenvalue weighted by Crippen LogP contribution is -2.33. The Labute approximate surface area is 197 Å². The molecule has 0 spiro atoms. The summed E-state index contributed by atoms with van der Waals surface area (Å²) in [5.74, 6) is -0.614. The van der Waals surface area contributed by atoms with Gasteiger partial charge in [0.25, 0.3) is 17.4 Å². The summed E-state index contributed by atoms with van der Waals surface area (Å²) in [4.78, 5) is 38.0. The Balaban J connectivity index is 1.43. The largest absolute Gasteiger partial charge is 0.352 e. The zero-order valence-corrected chi connectivity index (χ0v) is 18.8. The first-order valence-corrected chi connectivity index (χ1v) is 11.0. The number of rotatable bonds is 7. The number of aromatic nitrogens is 1. The Kier molecular flexibility index (Phi) is 6.98. The molecule has 0 radical (unpaired) electrons. The van der Waals surface area contributed by atoms with Gasteiger partial charge >= 0.3 is 0 Å². The number of benzene rings is 3. The van der Waals surface area contributed by atoms with Crippen LogP contribution in [0.1, 0.15) is 31.8 Å².